The minimum atomic E-state index is 0.0190. The van der Waals surface area contributed by atoms with Crippen LogP contribution in [0, 0.1) is 5.92 Å². The number of aryl methyl sites for hydroxylation is 1. The van der Waals surface area contributed by atoms with Crippen molar-refractivity contribution in [3.05, 3.63) is 65.7 Å². The quantitative estimate of drug-likeness (QED) is 0.324. The minimum absolute atomic E-state index is 0.0190. The van der Waals surface area contributed by atoms with Gasteiger partial charge in [0.2, 0.25) is 5.91 Å². The van der Waals surface area contributed by atoms with Crippen molar-refractivity contribution in [2.75, 3.05) is 18.4 Å². The third-order valence-corrected chi connectivity index (χ3v) is 9.01. The van der Waals surface area contributed by atoms with E-state index in [1.54, 1.807) is 0 Å². The van der Waals surface area contributed by atoms with Crippen LogP contribution in [-0.2, 0) is 24.8 Å². The first-order valence-corrected chi connectivity index (χ1v) is 14.9. The third-order valence-electron chi connectivity index (χ3n) is 9.01. The Morgan fingerprint density at radius 2 is 1.93 bits per heavy atom. The van der Waals surface area contributed by atoms with Gasteiger partial charge in [-0.25, -0.2) is 9.97 Å². The Morgan fingerprint density at radius 3 is 2.76 bits per heavy atom. The molecule has 1 saturated heterocycles. The number of aromatic nitrogens is 4. The SMILES string of the molecule is Cn1c(-c2cc3ccc(-c4ccc5c(c4)CC(=O)N5)nc3n2CC2CC2)nc2cc(C(=O)N3CCC[C@@H](N)C3)ccc21. The second-order valence-corrected chi connectivity index (χ2v) is 12.1. The van der Waals surface area contributed by atoms with E-state index < -0.39 is 0 Å². The Labute approximate surface area is 243 Å². The topological polar surface area (TPSA) is 111 Å². The number of hydrogen-bond donors (Lipinski definition) is 2. The zero-order valence-corrected chi connectivity index (χ0v) is 23.6. The van der Waals surface area contributed by atoms with Crippen molar-refractivity contribution in [3.8, 4) is 22.8 Å². The van der Waals surface area contributed by atoms with Crippen LogP contribution >= 0.6 is 0 Å². The summed E-state index contributed by atoms with van der Waals surface area (Å²) in [6.45, 7) is 2.23. The number of rotatable bonds is 5. The molecule has 3 N–H and O–H groups in total. The molecule has 1 aliphatic carbocycles. The van der Waals surface area contributed by atoms with E-state index in [4.69, 9.17) is 15.7 Å². The van der Waals surface area contributed by atoms with Gasteiger partial charge in [0.25, 0.3) is 5.91 Å². The van der Waals surface area contributed by atoms with Gasteiger partial charge < -0.3 is 25.1 Å². The Hall–Kier alpha value is -4.50. The van der Waals surface area contributed by atoms with Crippen LogP contribution in [0.3, 0.4) is 0 Å². The molecule has 8 rings (SSSR count). The molecule has 2 amide bonds. The lowest BCUT2D eigenvalue weighted by Gasteiger charge is -2.30. The summed E-state index contributed by atoms with van der Waals surface area (Å²) in [5.74, 6) is 1.54. The van der Waals surface area contributed by atoms with Crippen LogP contribution in [0.25, 0.3) is 44.8 Å². The number of likely N-dealkylation sites (tertiary alicyclic amines) is 1. The maximum Gasteiger partial charge on any atom is 0.253 e. The Morgan fingerprint density at radius 1 is 1.05 bits per heavy atom. The number of carbonyl (C=O) groups excluding carboxylic acids is 2. The predicted octanol–water partition coefficient (Wildman–Crippen LogP) is 4.72. The van der Waals surface area contributed by atoms with Gasteiger partial charge in [-0.05, 0) is 85.7 Å². The van der Waals surface area contributed by atoms with Crippen molar-refractivity contribution in [1.82, 2.24) is 24.0 Å². The number of nitrogens with zero attached hydrogens (tertiary/aromatic N) is 5. The average Bonchev–Trinajstić information content (AvgIpc) is 3.51. The van der Waals surface area contributed by atoms with Crippen molar-refractivity contribution in [3.63, 3.8) is 0 Å². The van der Waals surface area contributed by atoms with Crippen molar-refractivity contribution >= 4 is 39.6 Å². The molecule has 1 saturated carbocycles. The van der Waals surface area contributed by atoms with Gasteiger partial charge in [-0.2, -0.15) is 0 Å². The van der Waals surface area contributed by atoms with Gasteiger partial charge >= 0.3 is 0 Å². The van der Waals surface area contributed by atoms with Crippen LogP contribution in [-0.4, -0.2) is 54.9 Å². The highest BCUT2D eigenvalue weighted by atomic mass is 16.2. The fourth-order valence-corrected chi connectivity index (χ4v) is 6.54. The van der Waals surface area contributed by atoms with Gasteiger partial charge in [0, 0.05) is 54.9 Å². The van der Waals surface area contributed by atoms with Crippen LogP contribution in [0.4, 0.5) is 5.69 Å². The smallest absolute Gasteiger partial charge is 0.253 e. The summed E-state index contributed by atoms with van der Waals surface area (Å²) < 4.78 is 4.43. The molecule has 2 fully saturated rings. The molecule has 212 valence electrons. The molecular formula is C33H33N7O2. The Kier molecular flexibility index (Phi) is 5.72. The minimum Gasteiger partial charge on any atom is -0.337 e. The highest BCUT2D eigenvalue weighted by Crippen LogP contribution is 2.37. The average molecular weight is 560 g/mol. The van der Waals surface area contributed by atoms with E-state index in [1.807, 2.05) is 42.3 Å². The first-order chi connectivity index (χ1) is 20.4. The molecule has 9 nitrogen and oxygen atoms in total. The number of nitrogens with one attached hydrogen (secondary N) is 1. The molecule has 1 atom stereocenters. The normalized spacial score (nSPS) is 18.6. The lowest BCUT2D eigenvalue weighted by atomic mass is 10.1. The lowest BCUT2D eigenvalue weighted by molar-refractivity contribution is -0.115. The summed E-state index contributed by atoms with van der Waals surface area (Å²) in [4.78, 5) is 37.3. The number of anilines is 1. The second kappa shape index (κ2) is 9.52. The molecule has 5 heterocycles. The van der Waals surface area contributed by atoms with E-state index in [1.165, 1.54) is 12.8 Å². The fourth-order valence-electron chi connectivity index (χ4n) is 6.54. The molecule has 2 aromatic carbocycles. The number of nitrogens with two attached hydrogens (primary N) is 1. The maximum absolute atomic E-state index is 13.3. The number of amides is 2. The van der Waals surface area contributed by atoms with E-state index >= 15 is 0 Å². The zero-order chi connectivity index (χ0) is 28.5. The van der Waals surface area contributed by atoms with Gasteiger partial charge in [-0.3, -0.25) is 9.59 Å². The Balaban J connectivity index is 1.19. The highest BCUT2D eigenvalue weighted by Gasteiger charge is 2.27. The summed E-state index contributed by atoms with van der Waals surface area (Å²) in [6, 6.07) is 18.3. The zero-order valence-electron chi connectivity index (χ0n) is 23.6. The molecule has 5 aromatic rings. The van der Waals surface area contributed by atoms with Gasteiger partial charge in [0.15, 0.2) is 5.82 Å². The third kappa shape index (κ3) is 4.27. The van der Waals surface area contributed by atoms with Crippen LogP contribution in [0.5, 0.6) is 0 Å². The first kappa shape index (κ1) is 25.2. The van der Waals surface area contributed by atoms with Gasteiger partial charge in [0.1, 0.15) is 5.65 Å². The summed E-state index contributed by atoms with van der Waals surface area (Å²) in [5.41, 5.74) is 14.3. The van der Waals surface area contributed by atoms with E-state index in [0.29, 0.717) is 24.4 Å². The van der Waals surface area contributed by atoms with Crippen LogP contribution in [0.2, 0.25) is 0 Å². The number of piperidine rings is 1. The first-order valence-electron chi connectivity index (χ1n) is 14.9. The molecular weight excluding hydrogens is 526 g/mol. The van der Waals surface area contributed by atoms with Gasteiger partial charge in [-0.1, -0.05) is 6.07 Å². The van der Waals surface area contributed by atoms with Crippen LogP contribution in [0.1, 0.15) is 41.6 Å². The molecule has 42 heavy (non-hydrogen) atoms. The molecule has 9 heteroatoms. The summed E-state index contributed by atoms with van der Waals surface area (Å²) in [6.07, 6.45) is 4.74. The van der Waals surface area contributed by atoms with Crippen molar-refractivity contribution in [2.24, 2.45) is 18.7 Å². The van der Waals surface area contributed by atoms with E-state index in [9.17, 15) is 9.59 Å². The van der Waals surface area contributed by atoms with Crippen LogP contribution < -0.4 is 11.1 Å². The number of hydrogen-bond acceptors (Lipinski definition) is 5. The second-order valence-electron chi connectivity index (χ2n) is 12.1. The Bertz CT molecular complexity index is 1910. The number of imidazole rings is 1. The summed E-state index contributed by atoms with van der Waals surface area (Å²) >= 11 is 0. The highest BCUT2D eigenvalue weighted by molar-refractivity contribution is 6.00. The largest absolute Gasteiger partial charge is 0.337 e. The molecule has 2 aliphatic heterocycles. The summed E-state index contributed by atoms with van der Waals surface area (Å²) in [5, 5.41) is 3.98. The maximum atomic E-state index is 13.3. The fraction of sp³-hybridized carbons (Fsp3) is 0.333. The standard InChI is InChI=1S/C33H33N7O2/c1-38-28-11-8-22(33(42)39-12-2-3-24(34)18-39)14-27(28)37-32(38)29-15-21-7-10-25(36-31(21)40(29)17-19-4-5-19)20-6-9-26-23(13-20)16-30(41)35-26/h6-11,13-15,19,24H,2-5,12,16-18,34H2,1H3,(H,35,41)/t24-/m1/s1. The predicted molar refractivity (Wildman–Crippen MR) is 163 cm³/mol. The number of carbonyl (C=O) groups is 2. The van der Waals surface area contributed by atoms with Crippen molar-refractivity contribution < 1.29 is 9.59 Å². The number of pyridine rings is 1. The van der Waals surface area contributed by atoms with Crippen LogP contribution in [0.15, 0.2) is 54.6 Å². The molecule has 0 bridgehead atoms. The summed E-state index contributed by atoms with van der Waals surface area (Å²) in [7, 11) is 2.04. The molecule has 3 aliphatic rings. The molecule has 0 spiro atoms. The van der Waals surface area contributed by atoms with E-state index in [-0.39, 0.29) is 17.9 Å². The van der Waals surface area contributed by atoms with Gasteiger partial charge in [0.05, 0.1) is 28.8 Å². The van der Waals surface area contributed by atoms with Crippen molar-refractivity contribution in [2.45, 2.75) is 44.7 Å². The number of fused-ring (bicyclic) bond motifs is 3. The van der Waals surface area contributed by atoms with Gasteiger partial charge in [-0.15, -0.1) is 0 Å². The monoisotopic (exact) mass is 559 g/mol. The van der Waals surface area contributed by atoms with Crippen molar-refractivity contribution in [1.29, 1.82) is 0 Å². The molecule has 0 radical (unpaired) electrons. The van der Waals surface area contributed by atoms with E-state index in [0.717, 1.165) is 82.0 Å². The van der Waals surface area contributed by atoms with E-state index in [2.05, 4.69) is 38.7 Å². The molecule has 3 aromatic heterocycles. The lowest BCUT2D eigenvalue weighted by Crippen LogP contribution is -2.45. The number of benzene rings is 2. The molecule has 0 unspecified atom stereocenters.